The van der Waals surface area contributed by atoms with E-state index in [1.54, 1.807) is 39.3 Å². The van der Waals surface area contributed by atoms with Gasteiger partial charge in [-0.1, -0.05) is 0 Å². The van der Waals surface area contributed by atoms with Gasteiger partial charge in [0, 0.05) is 5.56 Å². The van der Waals surface area contributed by atoms with E-state index in [1.165, 1.54) is 6.21 Å². The highest BCUT2D eigenvalue weighted by atomic mass is 32.1. The Bertz CT molecular complexity index is 795. The molecule has 0 aliphatic rings. The molecule has 0 unspecified atom stereocenters. The summed E-state index contributed by atoms with van der Waals surface area (Å²) < 4.78 is 11.6. The number of rotatable bonds is 4. The molecule has 2 aromatic rings. The lowest BCUT2D eigenvalue weighted by atomic mass is 10.2. The Morgan fingerprint density at radius 2 is 2.14 bits per heavy atom. The van der Waals surface area contributed by atoms with Gasteiger partial charge in [-0.2, -0.15) is 14.9 Å². The van der Waals surface area contributed by atoms with Gasteiger partial charge < -0.3 is 9.47 Å². The molecule has 0 saturated heterocycles. The molecular weight excluding hydrogens is 292 g/mol. The van der Waals surface area contributed by atoms with Crippen LogP contribution in [0.25, 0.3) is 0 Å². The number of aryl methyl sites for hydroxylation is 1. The van der Waals surface area contributed by atoms with Crippen molar-refractivity contribution in [2.24, 2.45) is 5.10 Å². The van der Waals surface area contributed by atoms with Gasteiger partial charge in [-0.05, 0) is 37.3 Å². The van der Waals surface area contributed by atoms with E-state index >= 15 is 0 Å². The lowest BCUT2D eigenvalue weighted by Crippen LogP contribution is -2.22. The summed E-state index contributed by atoms with van der Waals surface area (Å²) in [5.74, 6) is 1.26. The molecule has 8 heteroatoms. The summed E-state index contributed by atoms with van der Waals surface area (Å²) in [5.41, 5.74) is 0.558. The molecule has 0 fully saturated rings. The fourth-order valence-electron chi connectivity index (χ4n) is 1.64. The van der Waals surface area contributed by atoms with Crippen molar-refractivity contribution in [1.29, 1.82) is 0 Å². The number of methoxy groups -OCH3 is 2. The molecular formula is C13H14N4O3S. The Balaban J connectivity index is 2.49. The van der Waals surface area contributed by atoms with Gasteiger partial charge >= 0.3 is 0 Å². The van der Waals surface area contributed by atoms with E-state index in [0.29, 0.717) is 17.1 Å². The Morgan fingerprint density at radius 1 is 1.38 bits per heavy atom. The predicted octanol–water partition coefficient (Wildman–Crippen LogP) is 1.51. The first-order chi connectivity index (χ1) is 10.1. The molecule has 0 bridgehead atoms. The molecule has 1 heterocycles. The molecule has 21 heavy (non-hydrogen) atoms. The molecule has 110 valence electrons. The summed E-state index contributed by atoms with van der Waals surface area (Å²) >= 11 is 5.00. The quantitative estimate of drug-likeness (QED) is 0.684. The monoisotopic (exact) mass is 306 g/mol. The summed E-state index contributed by atoms with van der Waals surface area (Å²) in [5, 5.41) is 10.4. The first kappa shape index (κ1) is 14.9. The fraction of sp³-hybridized carbons (Fsp3) is 0.231. The van der Waals surface area contributed by atoms with E-state index in [-0.39, 0.29) is 16.0 Å². The standard InChI is InChI=1S/C13H14N4O3S/c1-8-12(18)17(13(21)16-15-8)14-7-9-6-10(19-2)4-5-11(9)20-3/h4-7H,1-3H3,(H,16,21)/b14-7-. The average molecular weight is 306 g/mol. The van der Waals surface area contributed by atoms with Crippen LogP contribution in [0.4, 0.5) is 0 Å². The Hall–Kier alpha value is -2.48. The number of hydrogen-bond acceptors (Lipinski definition) is 6. The summed E-state index contributed by atoms with van der Waals surface area (Å²) in [4.78, 5) is 11.9. The van der Waals surface area contributed by atoms with Gasteiger partial charge in [-0.15, -0.1) is 0 Å². The van der Waals surface area contributed by atoms with Crippen molar-refractivity contribution in [1.82, 2.24) is 14.9 Å². The average Bonchev–Trinajstić information content (AvgIpc) is 2.50. The molecule has 0 aliphatic carbocycles. The lowest BCUT2D eigenvalue weighted by molar-refractivity contribution is 0.402. The molecule has 1 aromatic carbocycles. The van der Waals surface area contributed by atoms with Crippen LogP contribution in [0.1, 0.15) is 11.3 Å². The van der Waals surface area contributed by atoms with Crippen molar-refractivity contribution < 1.29 is 9.47 Å². The van der Waals surface area contributed by atoms with Gasteiger partial charge in [0.2, 0.25) is 4.77 Å². The number of H-pyrrole nitrogens is 1. The number of hydrogen-bond donors (Lipinski definition) is 1. The normalized spacial score (nSPS) is 10.8. The maximum Gasteiger partial charge on any atom is 0.296 e. The van der Waals surface area contributed by atoms with Crippen LogP contribution in [-0.4, -0.2) is 35.3 Å². The molecule has 2 rings (SSSR count). The lowest BCUT2D eigenvalue weighted by Gasteiger charge is -2.06. The SMILES string of the molecule is COc1ccc(OC)c(/C=N\n2c(=S)[nH]nc(C)c2=O)c1. The zero-order chi connectivity index (χ0) is 15.4. The van der Waals surface area contributed by atoms with Crippen molar-refractivity contribution in [3.63, 3.8) is 0 Å². The number of aromatic nitrogens is 3. The van der Waals surface area contributed by atoms with Crippen molar-refractivity contribution in [2.45, 2.75) is 6.92 Å². The number of aromatic amines is 1. The smallest absolute Gasteiger partial charge is 0.296 e. The number of nitrogens with zero attached hydrogens (tertiary/aromatic N) is 3. The van der Waals surface area contributed by atoms with Crippen LogP contribution in [-0.2, 0) is 0 Å². The van der Waals surface area contributed by atoms with Gasteiger partial charge in [-0.25, -0.2) is 0 Å². The van der Waals surface area contributed by atoms with Crippen molar-refractivity contribution >= 4 is 18.4 Å². The van der Waals surface area contributed by atoms with Crippen molar-refractivity contribution in [2.75, 3.05) is 14.2 Å². The van der Waals surface area contributed by atoms with Gasteiger partial charge in [-0.3, -0.25) is 9.89 Å². The van der Waals surface area contributed by atoms with Crippen LogP contribution in [0.15, 0.2) is 28.1 Å². The van der Waals surface area contributed by atoms with Gasteiger partial charge in [0.1, 0.15) is 17.2 Å². The Labute approximate surface area is 125 Å². The highest BCUT2D eigenvalue weighted by Crippen LogP contribution is 2.22. The minimum absolute atomic E-state index is 0.115. The summed E-state index contributed by atoms with van der Waals surface area (Å²) in [6.45, 7) is 1.58. The predicted molar refractivity (Wildman–Crippen MR) is 81.0 cm³/mol. The molecule has 0 aliphatic heterocycles. The summed E-state index contributed by atoms with van der Waals surface area (Å²) in [6.07, 6.45) is 1.48. The van der Waals surface area contributed by atoms with Crippen LogP contribution < -0.4 is 15.0 Å². The second-order valence-electron chi connectivity index (χ2n) is 4.08. The van der Waals surface area contributed by atoms with Crippen LogP contribution in [0, 0.1) is 11.7 Å². The maximum atomic E-state index is 11.9. The largest absolute Gasteiger partial charge is 0.497 e. The minimum Gasteiger partial charge on any atom is -0.497 e. The van der Waals surface area contributed by atoms with Gasteiger partial charge in [0.05, 0.1) is 20.4 Å². The summed E-state index contributed by atoms with van der Waals surface area (Å²) in [7, 11) is 3.12. The second-order valence-corrected chi connectivity index (χ2v) is 4.47. The van der Waals surface area contributed by atoms with E-state index < -0.39 is 0 Å². The van der Waals surface area contributed by atoms with Crippen molar-refractivity contribution in [3.05, 3.63) is 44.6 Å². The number of ether oxygens (including phenoxy) is 2. The van der Waals surface area contributed by atoms with E-state index in [0.717, 1.165) is 4.68 Å². The second kappa shape index (κ2) is 6.31. The highest BCUT2D eigenvalue weighted by Gasteiger charge is 2.04. The number of benzene rings is 1. The summed E-state index contributed by atoms with van der Waals surface area (Å²) in [6, 6.07) is 5.26. The highest BCUT2D eigenvalue weighted by molar-refractivity contribution is 7.71. The van der Waals surface area contributed by atoms with E-state index in [1.807, 2.05) is 0 Å². The van der Waals surface area contributed by atoms with E-state index in [2.05, 4.69) is 15.3 Å². The zero-order valence-corrected chi connectivity index (χ0v) is 12.6. The van der Waals surface area contributed by atoms with Gasteiger partial charge in [0.25, 0.3) is 5.56 Å². The number of nitrogens with one attached hydrogen (secondary N) is 1. The third-order valence-electron chi connectivity index (χ3n) is 2.76. The molecule has 1 N–H and O–H groups in total. The molecule has 0 spiro atoms. The Kier molecular flexibility index (Phi) is 4.49. The van der Waals surface area contributed by atoms with Crippen LogP contribution >= 0.6 is 12.2 Å². The van der Waals surface area contributed by atoms with Crippen LogP contribution in [0.5, 0.6) is 11.5 Å². The maximum absolute atomic E-state index is 11.9. The third kappa shape index (κ3) is 3.16. The van der Waals surface area contributed by atoms with E-state index in [4.69, 9.17) is 21.7 Å². The molecule has 0 saturated carbocycles. The van der Waals surface area contributed by atoms with Crippen LogP contribution in [0.3, 0.4) is 0 Å². The van der Waals surface area contributed by atoms with Gasteiger partial charge in [0.15, 0.2) is 0 Å². The van der Waals surface area contributed by atoms with Crippen LogP contribution in [0.2, 0.25) is 0 Å². The molecule has 0 radical (unpaired) electrons. The first-order valence-corrected chi connectivity index (χ1v) is 6.42. The minimum atomic E-state index is -0.378. The first-order valence-electron chi connectivity index (χ1n) is 6.01. The molecule has 1 aromatic heterocycles. The molecule has 0 amide bonds. The third-order valence-corrected chi connectivity index (χ3v) is 3.03. The topological polar surface area (TPSA) is 81.5 Å². The molecule has 7 nitrogen and oxygen atoms in total. The Morgan fingerprint density at radius 3 is 2.81 bits per heavy atom. The zero-order valence-electron chi connectivity index (χ0n) is 11.8. The van der Waals surface area contributed by atoms with E-state index in [9.17, 15) is 4.79 Å². The fourth-order valence-corrected chi connectivity index (χ4v) is 1.81. The molecule has 0 atom stereocenters. The van der Waals surface area contributed by atoms with Crippen molar-refractivity contribution in [3.8, 4) is 11.5 Å².